The molecule has 0 aromatic rings. The Morgan fingerprint density at radius 3 is 2.50 bits per heavy atom. The molecular weight excluding hydrogens is 200 g/mol. The van der Waals surface area contributed by atoms with E-state index in [1.165, 1.54) is 0 Å². The van der Waals surface area contributed by atoms with Crippen molar-refractivity contribution in [2.75, 3.05) is 24.6 Å². The fourth-order valence-electron chi connectivity index (χ4n) is 2.02. The lowest BCUT2D eigenvalue weighted by molar-refractivity contribution is 0.0947. The molecule has 1 aliphatic rings. The Labute approximate surface area is 86.4 Å². The fourth-order valence-corrected chi connectivity index (χ4v) is 3.57. The van der Waals surface area contributed by atoms with Crippen LogP contribution in [-0.2, 0) is 9.84 Å². The third kappa shape index (κ3) is 2.46. The number of nitrogens with zero attached hydrogens (tertiary/aromatic N) is 1. The van der Waals surface area contributed by atoms with Crippen LogP contribution in [0, 0.1) is 0 Å². The minimum absolute atomic E-state index is 0.0762. The van der Waals surface area contributed by atoms with Crippen LogP contribution >= 0.6 is 0 Å². The topological polar surface area (TPSA) is 63.4 Å². The van der Waals surface area contributed by atoms with Crippen LogP contribution in [0.15, 0.2) is 0 Å². The summed E-state index contributed by atoms with van der Waals surface area (Å²) in [4.78, 5) is 2.19. The molecule has 0 radical (unpaired) electrons. The molecule has 84 valence electrons. The van der Waals surface area contributed by atoms with Crippen molar-refractivity contribution in [3.63, 3.8) is 0 Å². The lowest BCUT2D eigenvalue weighted by atomic mass is 10.0. The normalized spacial score (nSPS) is 29.0. The van der Waals surface area contributed by atoms with E-state index in [-0.39, 0.29) is 23.1 Å². The van der Waals surface area contributed by atoms with E-state index in [0.29, 0.717) is 13.1 Å². The highest BCUT2D eigenvalue weighted by molar-refractivity contribution is 7.91. The molecule has 5 heteroatoms. The van der Waals surface area contributed by atoms with E-state index in [1.54, 1.807) is 0 Å². The Bertz CT molecular complexity index is 298. The average molecular weight is 220 g/mol. The number of nitrogens with two attached hydrogens (primary N) is 1. The first-order chi connectivity index (χ1) is 6.28. The van der Waals surface area contributed by atoms with Gasteiger partial charge in [-0.25, -0.2) is 8.42 Å². The van der Waals surface area contributed by atoms with Crippen LogP contribution in [0.4, 0.5) is 0 Å². The molecule has 1 unspecified atom stereocenters. The maximum absolute atomic E-state index is 11.4. The second-order valence-electron chi connectivity index (χ2n) is 4.67. The molecule has 0 saturated carbocycles. The summed E-state index contributed by atoms with van der Waals surface area (Å²) in [6.45, 7) is 7.22. The van der Waals surface area contributed by atoms with E-state index in [4.69, 9.17) is 5.73 Å². The van der Waals surface area contributed by atoms with Crippen molar-refractivity contribution in [2.45, 2.75) is 32.4 Å². The Morgan fingerprint density at radius 2 is 2.07 bits per heavy atom. The molecule has 0 aliphatic carbocycles. The van der Waals surface area contributed by atoms with E-state index in [2.05, 4.69) is 18.7 Å². The van der Waals surface area contributed by atoms with Crippen molar-refractivity contribution in [3.8, 4) is 0 Å². The summed E-state index contributed by atoms with van der Waals surface area (Å²) in [6.07, 6.45) is 0. The zero-order valence-electron chi connectivity index (χ0n) is 9.16. The summed E-state index contributed by atoms with van der Waals surface area (Å²) in [5.74, 6) is 0.525. The molecule has 0 aromatic heterocycles. The third-order valence-corrected chi connectivity index (χ3v) is 4.74. The van der Waals surface area contributed by atoms with Gasteiger partial charge >= 0.3 is 0 Å². The fraction of sp³-hybridized carbons (Fsp3) is 1.00. The van der Waals surface area contributed by atoms with Gasteiger partial charge in [-0.15, -0.1) is 0 Å². The van der Waals surface area contributed by atoms with Gasteiger partial charge < -0.3 is 5.73 Å². The Kier molecular flexibility index (Phi) is 3.23. The van der Waals surface area contributed by atoms with Gasteiger partial charge in [0, 0.05) is 24.7 Å². The molecule has 14 heavy (non-hydrogen) atoms. The molecular formula is C9H20N2O2S. The second-order valence-corrected chi connectivity index (χ2v) is 6.90. The molecule has 0 amide bonds. The van der Waals surface area contributed by atoms with E-state index >= 15 is 0 Å². The summed E-state index contributed by atoms with van der Waals surface area (Å²) in [7, 11) is -2.82. The summed E-state index contributed by atoms with van der Waals surface area (Å²) in [5.41, 5.74) is 5.57. The van der Waals surface area contributed by atoms with Gasteiger partial charge in [0.05, 0.1) is 11.5 Å². The summed E-state index contributed by atoms with van der Waals surface area (Å²) in [5, 5.41) is 0. The van der Waals surface area contributed by atoms with Crippen molar-refractivity contribution < 1.29 is 8.42 Å². The summed E-state index contributed by atoms with van der Waals surface area (Å²) < 4.78 is 22.7. The quantitative estimate of drug-likeness (QED) is 0.702. The number of hydrogen-bond donors (Lipinski definition) is 1. The molecule has 1 heterocycles. The average Bonchev–Trinajstić information content (AvgIpc) is 2.01. The van der Waals surface area contributed by atoms with Crippen LogP contribution in [-0.4, -0.2) is 49.5 Å². The second kappa shape index (κ2) is 3.79. The maximum atomic E-state index is 11.4. The van der Waals surface area contributed by atoms with Gasteiger partial charge in [0.15, 0.2) is 9.84 Å². The highest BCUT2D eigenvalue weighted by Crippen LogP contribution is 2.21. The molecule has 0 spiro atoms. The Balaban J connectivity index is 2.77. The highest BCUT2D eigenvalue weighted by atomic mass is 32.2. The van der Waals surface area contributed by atoms with E-state index in [9.17, 15) is 8.42 Å². The standard InChI is InChI=1S/C9H20N2O2S/c1-8-6-14(12,13)5-4-11(8)9(2,3)7-10/h8H,4-7,10H2,1-3H3. The van der Waals surface area contributed by atoms with Gasteiger partial charge in [0.1, 0.15) is 0 Å². The molecule has 0 bridgehead atoms. The minimum atomic E-state index is -2.82. The van der Waals surface area contributed by atoms with E-state index < -0.39 is 9.84 Å². The van der Waals surface area contributed by atoms with Crippen molar-refractivity contribution in [2.24, 2.45) is 5.73 Å². The predicted octanol–water partition coefficient (Wildman–Crippen LogP) is -0.157. The van der Waals surface area contributed by atoms with Crippen LogP contribution in [0.2, 0.25) is 0 Å². The number of hydrogen-bond acceptors (Lipinski definition) is 4. The van der Waals surface area contributed by atoms with Crippen LogP contribution in [0.5, 0.6) is 0 Å². The van der Waals surface area contributed by atoms with Crippen LogP contribution in [0.3, 0.4) is 0 Å². The van der Waals surface area contributed by atoms with Gasteiger partial charge in [-0.2, -0.15) is 0 Å². The first kappa shape index (κ1) is 11.9. The summed E-state index contributed by atoms with van der Waals surface area (Å²) >= 11 is 0. The van der Waals surface area contributed by atoms with Crippen LogP contribution in [0.25, 0.3) is 0 Å². The monoisotopic (exact) mass is 220 g/mol. The molecule has 2 N–H and O–H groups in total. The van der Waals surface area contributed by atoms with Gasteiger partial charge in [0.2, 0.25) is 0 Å². The van der Waals surface area contributed by atoms with Gasteiger partial charge in [-0.1, -0.05) is 0 Å². The summed E-state index contributed by atoms with van der Waals surface area (Å²) in [6, 6.07) is 0.0762. The molecule has 1 fully saturated rings. The van der Waals surface area contributed by atoms with E-state index in [1.807, 2.05) is 6.92 Å². The highest BCUT2D eigenvalue weighted by Gasteiger charge is 2.35. The lowest BCUT2D eigenvalue weighted by Crippen LogP contribution is -2.59. The van der Waals surface area contributed by atoms with Gasteiger partial charge in [0.25, 0.3) is 0 Å². The van der Waals surface area contributed by atoms with Gasteiger partial charge in [-0.05, 0) is 20.8 Å². The third-order valence-electron chi connectivity index (χ3n) is 2.95. The molecule has 1 rings (SSSR count). The minimum Gasteiger partial charge on any atom is -0.329 e. The predicted molar refractivity (Wildman–Crippen MR) is 58.0 cm³/mol. The zero-order chi connectivity index (χ0) is 11.0. The first-order valence-corrected chi connectivity index (χ1v) is 6.78. The first-order valence-electron chi connectivity index (χ1n) is 4.96. The molecule has 1 atom stereocenters. The zero-order valence-corrected chi connectivity index (χ0v) is 9.97. The van der Waals surface area contributed by atoms with Crippen molar-refractivity contribution in [1.82, 2.24) is 4.90 Å². The Morgan fingerprint density at radius 1 is 1.50 bits per heavy atom. The number of sulfone groups is 1. The lowest BCUT2D eigenvalue weighted by Gasteiger charge is -2.44. The molecule has 1 saturated heterocycles. The largest absolute Gasteiger partial charge is 0.329 e. The van der Waals surface area contributed by atoms with Crippen LogP contribution in [0.1, 0.15) is 20.8 Å². The SMILES string of the molecule is CC1CS(=O)(=O)CCN1C(C)(C)CN. The Hall–Kier alpha value is -0.130. The van der Waals surface area contributed by atoms with Crippen molar-refractivity contribution in [3.05, 3.63) is 0 Å². The van der Waals surface area contributed by atoms with Crippen LogP contribution < -0.4 is 5.73 Å². The number of rotatable bonds is 2. The van der Waals surface area contributed by atoms with Gasteiger partial charge in [-0.3, -0.25) is 4.90 Å². The smallest absolute Gasteiger partial charge is 0.153 e. The van der Waals surface area contributed by atoms with Crippen molar-refractivity contribution >= 4 is 9.84 Å². The maximum Gasteiger partial charge on any atom is 0.153 e. The van der Waals surface area contributed by atoms with E-state index in [0.717, 1.165) is 0 Å². The molecule has 4 nitrogen and oxygen atoms in total. The molecule has 0 aromatic carbocycles. The van der Waals surface area contributed by atoms with Crippen molar-refractivity contribution in [1.29, 1.82) is 0 Å². The molecule has 1 aliphatic heterocycles.